The molecule has 0 amide bonds. The number of fused-ring (bicyclic) bond motifs is 1. The Balaban J connectivity index is 1.69. The summed E-state index contributed by atoms with van der Waals surface area (Å²) in [6.07, 6.45) is 1.43. The molecule has 0 saturated heterocycles. The van der Waals surface area contributed by atoms with Gasteiger partial charge in [-0.1, -0.05) is 35.3 Å². The van der Waals surface area contributed by atoms with Crippen molar-refractivity contribution >= 4 is 35.1 Å². The number of allylic oxidation sites excluding steroid dienone is 1. The molecule has 172 valence electrons. The standard InChI is InChI=1S/C23H22Cl2N4O4/c1-4-32-22(30)20-13(2)28-23-26-12-27-29(23)21(20)14-8-9-18(19(10-14)31-3)33-11-15-16(24)6-5-7-17(15)25/h5-10,12,21H,4,11H2,1-3H3,(H,26,27,28). The van der Waals surface area contributed by atoms with E-state index >= 15 is 0 Å². The Labute approximate surface area is 201 Å². The first-order chi connectivity index (χ1) is 15.9. The lowest BCUT2D eigenvalue weighted by Gasteiger charge is -2.28. The number of halogens is 2. The fraction of sp³-hybridized carbons (Fsp3) is 0.261. The molecule has 1 aliphatic rings. The largest absolute Gasteiger partial charge is 0.493 e. The van der Waals surface area contributed by atoms with Crippen molar-refractivity contribution in [1.29, 1.82) is 0 Å². The lowest BCUT2D eigenvalue weighted by Crippen LogP contribution is -2.29. The summed E-state index contributed by atoms with van der Waals surface area (Å²) in [6.45, 7) is 4.00. The molecule has 0 spiro atoms. The molecule has 8 nitrogen and oxygen atoms in total. The fourth-order valence-corrected chi connectivity index (χ4v) is 4.17. The number of methoxy groups -OCH3 is 1. The molecule has 2 heterocycles. The number of nitrogens with one attached hydrogen (secondary N) is 1. The van der Waals surface area contributed by atoms with Crippen LogP contribution >= 0.6 is 23.2 Å². The van der Waals surface area contributed by atoms with E-state index in [0.29, 0.717) is 44.3 Å². The van der Waals surface area contributed by atoms with E-state index in [0.717, 1.165) is 5.56 Å². The van der Waals surface area contributed by atoms with Gasteiger partial charge in [0.05, 0.1) is 19.3 Å². The molecule has 10 heteroatoms. The molecule has 1 atom stereocenters. The van der Waals surface area contributed by atoms with Crippen molar-refractivity contribution in [2.45, 2.75) is 26.5 Å². The van der Waals surface area contributed by atoms with Gasteiger partial charge in [0.25, 0.3) is 0 Å². The van der Waals surface area contributed by atoms with Crippen LogP contribution in [0.3, 0.4) is 0 Å². The maximum absolute atomic E-state index is 12.8. The first kappa shape index (κ1) is 22.9. The molecule has 1 aromatic heterocycles. The highest BCUT2D eigenvalue weighted by Gasteiger charge is 2.34. The zero-order chi connectivity index (χ0) is 23.5. The molecule has 0 radical (unpaired) electrons. The van der Waals surface area contributed by atoms with Crippen LogP contribution in [0.1, 0.15) is 31.0 Å². The number of aromatic nitrogens is 3. The van der Waals surface area contributed by atoms with Gasteiger partial charge in [0, 0.05) is 21.3 Å². The van der Waals surface area contributed by atoms with Crippen molar-refractivity contribution in [1.82, 2.24) is 14.8 Å². The van der Waals surface area contributed by atoms with Crippen LogP contribution in [0.4, 0.5) is 5.95 Å². The van der Waals surface area contributed by atoms with Crippen LogP contribution in [0.2, 0.25) is 10.0 Å². The van der Waals surface area contributed by atoms with Crippen LogP contribution < -0.4 is 14.8 Å². The number of rotatable bonds is 7. The summed E-state index contributed by atoms with van der Waals surface area (Å²) in [5, 5.41) is 8.46. The quantitative estimate of drug-likeness (QED) is 0.466. The third-order valence-electron chi connectivity index (χ3n) is 5.23. The van der Waals surface area contributed by atoms with Crippen molar-refractivity contribution in [3.63, 3.8) is 0 Å². The van der Waals surface area contributed by atoms with Crippen LogP contribution in [0.15, 0.2) is 54.0 Å². The summed E-state index contributed by atoms with van der Waals surface area (Å²) in [5.74, 6) is 1.08. The molecule has 0 aliphatic carbocycles. The Morgan fingerprint density at radius 2 is 1.94 bits per heavy atom. The lowest BCUT2D eigenvalue weighted by atomic mass is 9.95. The van der Waals surface area contributed by atoms with Gasteiger partial charge < -0.3 is 19.5 Å². The number of nitrogens with zero attached hydrogens (tertiary/aromatic N) is 3. The molecular weight excluding hydrogens is 467 g/mol. The maximum atomic E-state index is 12.8. The molecule has 33 heavy (non-hydrogen) atoms. The number of benzene rings is 2. The highest BCUT2D eigenvalue weighted by atomic mass is 35.5. The van der Waals surface area contributed by atoms with Gasteiger partial charge in [0.2, 0.25) is 5.95 Å². The average molecular weight is 489 g/mol. The SMILES string of the molecule is CCOC(=O)C1=C(C)Nc2ncnn2C1c1ccc(OCc2c(Cl)cccc2Cl)c(OC)c1. The van der Waals surface area contributed by atoms with Crippen LogP contribution in [-0.2, 0) is 16.1 Å². The van der Waals surface area contributed by atoms with Gasteiger partial charge in [0.15, 0.2) is 11.5 Å². The second-order valence-electron chi connectivity index (χ2n) is 7.21. The van der Waals surface area contributed by atoms with E-state index in [4.69, 9.17) is 37.4 Å². The Morgan fingerprint density at radius 3 is 2.64 bits per heavy atom. The van der Waals surface area contributed by atoms with Crippen molar-refractivity contribution in [3.8, 4) is 11.5 Å². The first-order valence-corrected chi connectivity index (χ1v) is 11.0. The summed E-state index contributed by atoms with van der Waals surface area (Å²) in [6, 6.07) is 10.2. The predicted octanol–water partition coefficient (Wildman–Crippen LogP) is 5.02. The normalized spacial score (nSPS) is 15.0. The van der Waals surface area contributed by atoms with Crippen LogP contribution in [0.5, 0.6) is 11.5 Å². The third-order valence-corrected chi connectivity index (χ3v) is 5.94. The van der Waals surface area contributed by atoms with Crippen LogP contribution in [0.25, 0.3) is 0 Å². The van der Waals surface area contributed by atoms with Gasteiger partial charge in [-0.25, -0.2) is 9.48 Å². The lowest BCUT2D eigenvalue weighted by molar-refractivity contribution is -0.139. The van der Waals surface area contributed by atoms with Gasteiger partial charge in [-0.3, -0.25) is 0 Å². The van der Waals surface area contributed by atoms with E-state index in [1.165, 1.54) is 6.33 Å². The number of carbonyl (C=O) groups excluding carboxylic acids is 1. The monoisotopic (exact) mass is 488 g/mol. The van der Waals surface area contributed by atoms with E-state index in [1.807, 2.05) is 6.07 Å². The van der Waals surface area contributed by atoms with E-state index in [9.17, 15) is 4.79 Å². The van der Waals surface area contributed by atoms with Crippen molar-refractivity contribution in [2.75, 3.05) is 19.0 Å². The van der Waals surface area contributed by atoms with Gasteiger partial charge >= 0.3 is 5.97 Å². The molecule has 2 aromatic carbocycles. The minimum absolute atomic E-state index is 0.169. The third kappa shape index (κ3) is 4.49. The van der Waals surface area contributed by atoms with Gasteiger partial charge in [-0.2, -0.15) is 10.1 Å². The smallest absolute Gasteiger partial charge is 0.338 e. The van der Waals surface area contributed by atoms with Crippen molar-refractivity contribution < 1.29 is 19.0 Å². The number of hydrogen-bond acceptors (Lipinski definition) is 7. The van der Waals surface area contributed by atoms with Gasteiger partial charge in [-0.15, -0.1) is 0 Å². The molecule has 0 bridgehead atoms. The summed E-state index contributed by atoms with van der Waals surface area (Å²) >= 11 is 12.5. The summed E-state index contributed by atoms with van der Waals surface area (Å²) in [5.41, 5.74) is 2.52. The topological polar surface area (TPSA) is 87.5 Å². The average Bonchev–Trinajstić information content (AvgIpc) is 3.26. The molecular formula is C23H22Cl2N4O4. The number of anilines is 1. The highest BCUT2D eigenvalue weighted by molar-refractivity contribution is 6.35. The molecule has 1 N–H and O–H groups in total. The van der Waals surface area contributed by atoms with Gasteiger partial charge in [-0.05, 0) is 43.7 Å². The summed E-state index contributed by atoms with van der Waals surface area (Å²) < 4.78 is 18.5. The number of esters is 1. The Morgan fingerprint density at radius 1 is 1.18 bits per heavy atom. The zero-order valence-electron chi connectivity index (χ0n) is 18.3. The molecule has 1 aliphatic heterocycles. The van der Waals surface area contributed by atoms with E-state index in [1.54, 1.807) is 56.0 Å². The van der Waals surface area contributed by atoms with Crippen molar-refractivity contribution in [2.24, 2.45) is 0 Å². The molecule has 3 aromatic rings. The second kappa shape index (κ2) is 9.72. The molecule has 1 unspecified atom stereocenters. The zero-order valence-corrected chi connectivity index (χ0v) is 19.8. The highest BCUT2D eigenvalue weighted by Crippen LogP contribution is 2.39. The minimum Gasteiger partial charge on any atom is -0.493 e. The summed E-state index contributed by atoms with van der Waals surface area (Å²) in [7, 11) is 1.55. The second-order valence-corrected chi connectivity index (χ2v) is 8.03. The Bertz CT molecular complexity index is 1200. The van der Waals surface area contributed by atoms with Crippen LogP contribution in [-0.4, -0.2) is 34.5 Å². The number of ether oxygens (including phenoxy) is 3. The molecule has 0 fully saturated rings. The molecule has 0 saturated carbocycles. The predicted molar refractivity (Wildman–Crippen MR) is 125 cm³/mol. The Kier molecular flexibility index (Phi) is 6.76. The fourth-order valence-electron chi connectivity index (χ4n) is 3.67. The van der Waals surface area contributed by atoms with Crippen LogP contribution in [0, 0.1) is 0 Å². The molecule has 4 rings (SSSR count). The minimum atomic E-state index is -0.552. The Hall–Kier alpha value is -3.23. The summed E-state index contributed by atoms with van der Waals surface area (Å²) in [4.78, 5) is 17.0. The maximum Gasteiger partial charge on any atom is 0.338 e. The number of carbonyl (C=O) groups is 1. The van der Waals surface area contributed by atoms with Gasteiger partial charge in [0.1, 0.15) is 19.0 Å². The van der Waals surface area contributed by atoms with E-state index < -0.39 is 12.0 Å². The first-order valence-electron chi connectivity index (χ1n) is 10.2. The van der Waals surface area contributed by atoms with E-state index in [2.05, 4.69) is 15.4 Å². The van der Waals surface area contributed by atoms with E-state index in [-0.39, 0.29) is 13.2 Å². The van der Waals surface area contributed by atoms with Crippen molar-refractivity contribution in [3.05, 3.63) is 75.2 Å². The number of hydrogen-bond donors (Lipinski definition) is 1.